The van der Waals surface area contributed by atoms with Crippen LogP contribution in [0.3, 0.4) is 0 Å². The summed E-state index contributed by atoms with van der Waals surface area (Å²) in [6.07, 6.45) is -1.08. The Bertz CT molecular complexity index is 950. The minimum absolute atomic E-state index is 0.0250. The summed E-state index contributed by atoms with van der Waals surface area (Å²) in [6, 6.07) is 5.09. The van der Waals surface area contributed by atoms with Crippen LogP contribution in [0.2, 0.25) is 0 Å². The van der Waals surface area contributed by atoms with E-state index in [0.717, 1.165) is 21.6 Å². The number of carbonyl (C=O) groups is 2. The maximum Gasteiger partial charge on any atom is 0.342 e. The zero-order chi connectivity index (χ0) is 23.3. The quantitative estimate of drug-likeness (QED) is 0.238. The van der Waals surface area contributed by atoms with Crippen LogP contribution in [0.25, 0.3) is 0 Å². The third-order valence-electron chi connectivity index (χ3n) is 3.63. The highest BCUT2D eigenvalue weighted by Gasteiger charge is 2.40. The van der Waals surface area contributed by atoms with Crippen LogP contribution in [0.4, 0.5) is 0 Å². The summed E-state index contributed by atoms with van der Waals surface area (Å²) in [5.41, 5.74) is -0.397. The lowest BCUT2D eigenvalue weighted by molar-refractivity contribution is -0.218. The predicted molar refractivity (Wildman–Crippen MR) is 115 cm³/mol. The molecule has 174 valence electrons. The molecular weight excluding hydrogens is 513 g/mol. The number of aliphatic hydroxyl groups excluding tert-OH is 1. The van der Waals surface area contributed by atoms with Crippen LogP contribution in [-0.4, -0.2) is 71.4 Å². The zero-order valence-corrected chi connectivity index (χ0v) is 20.2. The Kier molecular flexibility index (Phi) is 9.39. The molecule has 4 N–H and O–H groups in total. The maximum atomic E-state index is 12.3. The summed E-state index contributed by atoms with van der Waals surface area (Å²) in [4.78, 5) is 61.7. The molecule has 0 saturated carbocycles. The van der Waals surface area contributed by atoms with Gasteiger partial charge in [0.25, 0.3) is 5.91 Å². The highest BCUT2D eigenvalue weighted by Crippen LogP contribution is 2.65. The number of amides is 1. The molecule has 0 bridgehead atoms. The van der Waals surface area contributed by atoms with Crippen molar-refractivity contribution >= 4 is 55.6 Å². The number of pyridine rings is 1. The van der Waals surface area contributed by atoms with Gasteiger partial charge in [-0.25, -0.2) is 9.78 Å². The van der Waals surface area contributed by atoms with Crippen molar-refractivity contribution in [3.05, 3.63) is 24.4 Å². The zero-order valence-electron chi connectivity index (χ0n) is 15.9. The van der Waals surface area contributed by atoms with Crippen LogP contribution in [-0.2, 0) is 28.1 Å². The van der Waals surface area contributed by atoms with Crippen molar-refractivity contribution in [2.75, 3.05) is 23.5 Å². The molecule has 1 aromatic rings. The lowest BCUT2D eigenvalue weighted by Crippen LogP contribution is -2.36. The van der Waals surface area contributed by atoms with Crippen molar-refractivity contribution in [1.82, 2.24) is 10.0 Å². The van der Waals surface area contributed by atoms with Gasteiger partial charge in [-0.1, -0.05) is 16.9 Å². The van der Waals surface area contributed by atoms with Gasteiger partial charge in [0.2, 0.25) is 22.1 Å². The Morgan fingerprint density at radius 3 is 2.42 bits per heavy atom. The molecule has 31 heavy (non-hydrogen) atoms. The number of aliphatic hydroxyl groups is 1. The smallest absolute Gasteiger partial charge is 0.342 e. The van der Waals surface area contributed by atoms with Crippen LogP contribution < -0.4 is 0 Å². The summed E-state index contributed by atoms with van der Waals surface area (Å²) in [5.74, 6) is -4.41. The molecule has 2 heterocycles. The number of carbonyl (C=O) groups excluding carboxylic acids is 2. The first-order valence-electron chi connectivity index (χ1n) is 8.63. The summed E-state index contributed by atoms with van der Waals surface area (Å²) in [6.45, 7) is 0. The van der Waals surface area contributed by atoms with Crippen LogP contribution in [0, 0.1) is 0 Å². The van der Waals surface area contributed by atoms with Gasteiger partial charge in [0, 0.05) is 19.0 Å². The van der Waals surface area contributed by atoms with Gasteiger partial charge in [0.15, 0.2) is 6.23 Å². The molecular formula is C14H21N2O10P3S2. The SMILES string of the molecule is O=C(CP(=O)(O)CP(=O)(O)CP(=O)(O)CSSc1ccccn1)ON1C(=O)CCC1O. The average molecular weight is 534 g/mol. The van der Waals surface area contributed by atoms with Crippen molar-refractivity contribution < 1.29 is 47.9 Å². The van der Waals surface area contributed by atoms with Gasteiger partial charge in [0.05, 0.1) is 5.49 Å². The van der Waals surface area contributed by atoms with Crippen LogP contribution >= 0.6 is 43.7 Å². The monoisotopic (exact) mass is 534 g/mol. The van der Waals surface area contributed by atoms with E-state index in [0.29, 0.717) is 10.1 Å². The van der Waals surface area contributed by atoms with Gasteiger partial charge < -0.3 is 24.6 Å². The molecule has 1 amide bonds. The minimum atomic E-state index is -4.59. The first kappa shape index (κ1) is 26.6. The van der Waals surface area contributed by atoms with E-state index in [1.54, 1.807) is 18.2 Å². The Morgan fingerprint density at radius 2 is 1.84 bits per heavy atom. The van der Waals surface area contributed by atoms with E-state index >= 15 is 0 Å². The number of aromatic nitrogens is 1. The highest BCUT2D eigenvalue weighted by atomic mass is 33.1. The second-order valence-electron chi connectivity index (χ2n) is 6.68. The molecule has 4 unspecified atom stereocenters. The number of rotatable bonds is 11. The van der Waals surface area contributed by atoms with Gasteiger partial charge >= 0.3 is 5.97 Å². The molecule has 0 spiro atoms. The molecule has 1 aromatic heterocycles. The molecule has 0 aliphatic carbocycles. The van der Waals surface area contributed by atoms with E-state index in [-0.39, 0.29) is 12.8 Å². The normalized spacial score (nSPS) is 22.4. The van der Waals surface area contributed by atoms with Crippen molar-refractivity contribution in [3.8, 4) is 0 Å². The van der Waals surface area contributed by atoms with E-state index in [1.165, 1.54) is 6.20 Å². The van der Waals surface area contributed by atoms with E-state index in [9.17, 15) is 43.1 Å². The van der Waals surface area contributed by atoms with Gasteiger partial charge in [-0.3, -0.25) is 18.5 Å². The highest BCUT2D eigenvalue weighted by molar-refractivity contribution is 8.77. The Balaban J connectivity index is 1.86. The molecule has 1 aliphatic heterocycles. The molecule has 1 aliphatic rings. The molecule has 1 fully saturated rings. The van der Waals surface area contributed by atoms with Gasteiger partial charge in [0.1, 0.15) is 23.0 Å². The third kappa shape index (κ3) is 9.37. The minimum Gasteiger partial charge on any atom is -0.370 e. The maximum absolute atomic E-state index is 12.3. The summed E-state index contributed by atoms with van der Waals surface area (Å²) >= 11 is 0. The Labute approximate surface area is 185 Å². The predicted octanol–water partition coefficient (Wildman–Crippen LogP) is 1.90. The number of hydroxylamine groups is 2. The number of nitrogens with zero attached hydrogens (tertiary/aromatic N) is 2. The largest absolute Gasteiger partial charge is 0.370 e. The molecule has 17 heteroatoms. The summed E-state index contributed by atoms with van der Waals surface area (Å²) in [7, 11) is -11.3. The van der Waals surface area contributed by atoms with E-state index in [1.807, 2.05) is 0 Å². The fourth-order valence-electron chi connectivity index (χ4n) is 2.49. The Hall–Kier alpha value is -0.680. The van der Waals surface area contributed by atoms with Crippen molar-refractivity contribution in [1.29, 1.82) is 0 Å². The van der Waals surface area contributed by atoms with Gasteiger partial charge in [-0.15, -0.1) is 5.06 Å². The van der Waals surface area contributed by atoms with Crippen molar-refractivity contribution in [2.45, 2.75) is 24.1 Å². The summed E-state index contributed by atoms with van der Waals surface area (Å²) < 4.78 is 36.8. The fraction of sp³-hybridized carbons (Fsp3) is 0.500. The van der Waals surface area contributed by atoms with Gasteiger partial charge in [-0.2, -0.15) is 0 Å². The molecule has 1 saturated heterocycles. The van der Waals surface area contributed by atoms with Crippen molar-refractivity contribution in [3.63, 3.8) is 0 Å². The average Bonchev–Trinajstić information content (AvgIpc) is 2.91. The van der Waals surface area contributed by atoms with E-state index in [4.69, 9.17) is 0 Å². The van der Waals surface area contributed by atoms with Crippen LogP contribution in [0.1, 0.15) is 12.8 Å². The van der Waals surface area contributed by atoms with Gasteiger partial charge in [-0.05, 0) is 22.9 Å². The molecule has 2 rings (SSSR count). The number of hydrogen-bond acceptors (Lipinski definition) is 10. The summed E-state index contributed by atoms with van der Waals surface area (Å²) in [5, 5.41) is 10.5. The van der Waals surface area contributed by atoms with E-state index < -0.39 is 63.7 Å². The Morgan fingerprint density at radius 1 is 1.16 bits per heavy atom. The lowest BCUT2D eigenvalue weighted by atomic mass is 10.4. The second-order valence-corrected chi connectivity index (χ2v) is 17.4. The fourth-order valence-corrected chi connectivity index (χ4v) is 14.9. The standard InChI is InChI=1S/C14H21N2O10P3S2/c17-12-4-5-13(18)16(12)26-14(19)7-27(20,21)8-28(22,23)9-29(24,25)10-30-31-11-3-1-2-6-15-11/h1-3,6,12,17H,4-5,7-10H2,(H,20,21)(H,22,23)(H,24,25). The lowest BCUT2D eigenvalue weighted by Gasteiger charge is -2.21. The molecule has 0 radical (unpaired) electrons. The molecule has 12 nitrogen and oxygen atoms in total. The first-order valence-corrected chi connectivity index (χ1v) is 17.0. The molecule has 4 atom stereocenters. The number of hydrogen-bond donors (Lipinski definition) is 4. The topological polar surface area (TPSA) is 192 Å². The van der Waals surface area contributed by atoms with Crippen LogP contribution in [0.5, 0.6) is 0 Å². The van der Waals surface area contributed by atoms with Crippen LogP contribution in [0.15, 0.2) is 29.4 Å². The van der Waals surface area contributed by atoms with E-state index in [2.05, 4.69) is 9.82 Å². The second kappa shape index (κ2) is 11.0. The molecule has 0 aromatic carbocycles. The first-order chi connectivity index (χ1) is 14.3. The third-order valence-corrected chi connectivity index (χ3v) is 15.8. The van der Waals surface area contributed by atoms with Crippen molar-refractivity contribution in [2.24, 2.45) is 0 Å².